The highest BCUT2D eigenvalue weighted by atomic mass is 35.5. The zero-order valence-corrected chi connectivity index (χ0v) is 16.2. The molecule has 0 saturated carbocycles. The van der Waals surface area contributed by atoms with Crippen LogP contribution >= 0.6 is 23.7 Å². The van der Waals surface area contributed by atoms with Crippen molar-refractivity contribution in [2.45, 2.75) is 18.9 Å². The van der Waals surface area contributed by atoms with Crippen LogP contribution in [0.2, 0.25) is 0 Å². The highest BCUT2D eigenvalue weighted by Gasteiger charge is 2.28. The van der Waals surface area contributed by atoms with E-state index >= 15 is 0 Å². The molecule has 0 aromatic carbocycles. The minimum absolute atomic E-state index is 0. The van der Waals surface area contributed by atoms with Crippen LogP contribution in [0.5, 0.6) is 0 Å². The summed E-state index contributed by atoms with van der Waals surface area (Å²) in [4.78, 5) is 24.2. The van der Waals surface area contributed by atoms with Gasteiger partial charge < -0.3 is 14.7 Å². The van der Waals surface area contributed by atoms with Crippen molar-refractivity contribution in [1.29, 1.82) is 0 Å². The van der Waals surface area contributed by atoms with Crippen molar-refractivity contribution in [3.63, 3.8) is 0 Å². The molecular weight excluding hydrogens is 386 g/mol. The molecular formula is C18H20ClN5O2S. The highest BCUT2D eigenvalue weighted by molar-refractivity contribution is 7.13. The van der Waals surface area contributed by atoms with Gasteiger partial charge in [0.15, 0.2) is 0 Å². The van der Waals surface area contributed by atoms with Gasteiger partial charge in [0.25, 0.3) is 0 Å². The fraction of sp³-hybridized carbons (Fsp3) is 0.333. The van der Waals surface area contributed by atoms with Crippen LogP contribution in [0, 0.1) is 0 Å². The van der Waals surface area contributed by atoms with Crippen molar-refractivity contribution < 1.29 is 9.32 Å². The lowest BCUT2D eigenvalue weighted by atomic mass is 10.0. The number of pyridine rings is 1. The largest absolute Gasteiger partial charge is 0.339 e. The smallest absolute Gasteiger partial charge is 0.227 e. The molecule has 0 bridgehead atoms. The van der Waals surface area contributed by atoms with Gasteiger partial charge in [-0.25, -0.2) is 0 Å². The van der Waals surface area contributed by atoms with Crippen molar-refractivity contribution in [3.8, 4) is 10.7 Å². The molecule has 1 N–H and O–H groups in total. The fourth-order valence-corrected chi connectivity index (χ4v) is 3.74. The van der Waals surface area contributed by atoms with Crippen LogP contribution in [0.15, 0.2) is 46.6 Å². The average Bonchev–Trinajstić information content (AvgIpc) is 3.38. The maximum absolute atomic E-state index is 12.8. The average molecular weight is 406 g/mol. The summed E-state index contributed by atoms with van der Waals surface area (Å²) in [6.45, 7) is 2.22. The van der Waals surface area contributed by atoms with E-state index in [1.165, 1.54) is 0 Å². The van der Waals surface area contributed by atoms with Crippen LogP contribution in [-0.4, -0.2) is 45.6 Å². The molecule has 1 atom stereocenters. The third kappa shape index (κ3) is 4.52. The summed E-state index contributed by atoms with van der Waals surface area (Å²) < 4.78 is 5.29. The lowest BCUT2D eigenvalue weighted by Gasteiger charge is -2.36. The Labute approximate surface area is 167 Å². The van der Waals surface area contributed by atoms with Gasteiger partial charge in [-0.3, -0.25) is 9.78 Å². The van der Waals surface area contributed by atoms with Gasteiger partial charge in [-0.1, -0.05) is 17.3 Å². The second kappa shape index (κ2) is 9.07. The topological polar surface area (TPSA) is 84.2 Å². The number of piperazine rings is 1. The maximum atomic E-state index is 12.8. The Balaban J connectivity index is 0.00000210. The van der Waals surface area contributed by atoms with Crippen molar-refractivity contribution in [2.24, 2.45) is 0 Å². The number of rotatable bonds is 5. The Bertz CT molecular complexity index is 856. The van der Waals surface area contributed by atoms with E-state index in [4.69, 9.17) is 4.52 Å². The number of thiophene rings is 1. The quantitative estimate of drug-likeness (QED) is 0.702. The third-order valence-electron chi connectivity index (χ3n) is 4.40. The van der Waals surface area contributed by atoms with Gasteiger partial charge >= 0.3 is 0 Å². The molecule has 4 rings (SSSR count). The minimum atomic E-state index is 0. The van der Waals surface area contributed by atoms with Crippen LogP contribution < -0.4 is 5.32 Å². The molecule has 1 aliphatic rings. The standard InChI is InChI=1S/C18H19N5O2S.ClH/c24-17(6-5-16-21-18(22-25-16)15-4-2-10-26-15)23-9-8-20-12-14(23)13-3-1-7-19-11-13;/h1-4,7,10-11,14,20H,5-6,8-9,12H2;1H. The molecule has 1 fully saturated rings. The number of hydrogen-bond donors (Lipinski definition) is 1. The molecule has 142 valence electrons. The number of hydrogen-bond acceptors (Lipinski definition) is 7. The zero-order valence-electron chi connectivity index (χ0n) is 14.6. The summed E-state index contributed by atoms with van der Waals surface area (Å²) >= 11 is 1.56. The van der Waals surface area contributed by atoms with Gasteiger partial charge in [-0.2, -0.15) is 4.98 Å². The summed E-state index contributed by atoms with van der Waals surface area (Å²) in [5.74, 6) is 1.17. The lowest BCUT2D eigenvalue weighted by molar-refractivity contribution is -0.134. The first-order valence-corrected chi connectivity index (χ1v) is 9.46. The minimum Gasteiger partial charge on any atom is -0.339 e. The van der Waals surface area contributed by atoms with E-state index in [1.807, 2.05) is 40.7 Å². The number of nitrogens with zero attached hydrogens (tertiary/aromatic N) is 4. The monoisotopic (exact) mass is 405 g/mol. The summed E-state index contributed by atoms with van der Waals surface area (Å²) in [6, 6.07) is 7.81. The molecule has 3 aromatic rings. The number of carbonyl (C=O) groups excluding carboxylic acids is 1. The van der Waals surface area contributed by atoms with Crippen molar-refractivity contribution >= 4 is 29.7 Å². The number of halogens is 1. The zero-order chi connectivity index (χ0) is 17.8. The lowest BCUT2D eigenvalue weighted by Crippen LogP contribution is -2.48. The normalized spacial score (nSPS) is 16.7. The van der Waals surface area contributed by atoms with E-state index in [0.29, 0.717) is 31.1 Å². The maximum Gasteiger partial charge on any atom is 0.227 e. The predicted molar refractivity (Wildman–Crippen MR) is 105 cm³/mol. The molecule has 0 spiro atoms. The molecule has 7 nitrogen and oxygen atoms in total. The Morgan fingerprint density at radius 3 is 3.07 bits per heavy atom. The van der Waals surface area contributed by atoms with Gasteiger partial charge in [0, 0.05) is 44.9 Å². The molecule has 0 aliphatic carbocycles. The van der Waals surface area contributed by atoms with Crippen LogP contribution in [0.4, 0.5) is 0 Å². The molecule has 1 aliphatic heterocycles. The van der Waals surface area contributed by atoms with E-state index in [0.717, 1.165) is 23.5 Å². The summed E-state index contributed by atoms with van der Waals surface area (Å²) in [5.41, 5.74) is 1.05. The van der Waals surface area contributed by atoms with Gasteiger partial charge in [0.2, 0.25) is 17.6 Å². The highest BCUT2D eigenvalue weighted by Crippen LogP contribution is 2.24. The number of carbonyl (C=O) groups is 1. The van der Waals surface area contributed by atoms with Crippen LogP contribution in [0.3, 0.4) is 0 Å². The van der Waals surface area contributed by atoms with E-state index < -0.39 is 0 Å². The van der Waals surface area contributed by atoms with E-state index in [9.17, 15) is 4.79 Å². The first-order chi connectivity index (χ1) is 12.8. The van der Waals surface area contributed by atoms with E-state index in [-0.39, 0.29) is 24.4 Å². The first-order valence-electron chi connectivity index (χ1n) is 8.58. The van der Waals surface area contributed by atoms with Gasteiger partial charge in [-0.05, 0) is 23.1 Å². The number of amides is 1. The van der Waals surface area contributed by atoms with E-state index in [2.05, 4.69) is 20.4 Å². The summed E-state index contributed by atoms with van der Waals surface area (Å²) in [7, 11) is 0. The Kier molecular flexibility index (Phi) is 6.54. The number of aromatic nitrogens is 3. The molecule has 0 radical (unpaired) electrons. The second-order valence-electron chi connectivity index (χ2n) is 6.08. The first kappa shape index (κ1) is 19.5. The fourth-order valence-electron chi connectivity index (χ4n) is 3.09. The van der Waals surface area contributed by atoms with Crippen molar-refractivity contribution in [2.75, 3.05) is 19.6 Å². The third-order valence-corrected chi connectivity index (χ3v) is 5.26. The second-order valence-corrected chi connectivity index (χ2v) is 7.03. The molecule has 1 unspecified atom stereocenters. The van der Waals surface area contributed by atoms with Crippen molar-refractivity contribution in [1.82, 2.24) is 25.3 Å². The predicted octanol–water partition coefficient (Wildman–Crippen LogP) is 2.72. The van der Waals surface area contributed by atoms with Crippen LogP contribution in [0.1, 0.15) is 23.9 Å². The molecule has 9 heteroatoms. The van der Waals surface area contributed by atoms with Gasteiger partial charge in [0.05, 0.1) is 10.9 Å². The Hall–Kier alpha value is -2.29. The molecule has 27 heavy (non-hydrogen) atoms. The van der Waals surface area contributed by atoms with Crippen LogP contribution in [0.25, 0.3) is 10.7 Å². The summed E-state index contributed by atoms with van der Waals surface area (Å²) in [6.07, 6.45) is 4.36. The number of nitrogens with one attached hydrogen (secondary N) is 1. The van der Waals surface area contributed by atoms with Crippen LogP contribution in [-0.2, 0) is 11.2 Å². The van der Waals surface area contributed by atoms with Gasteiger partial charge in [0.1, 0.15) is 0 Å². The Morgan fingerprint density at radius 2 is 2.30 bits per heavy atom. The molecule has 1 saturated heterocycles. The molecule has 1 amide bonds. The molecule has 3 aromatic heterocycles. The SMILES string of the molecule is Cl.O=C(CCc1nc(-c2cccs2)no1)N1CCNCC1c1cccnc1. The van der Waals surface area contributed by atoms with E-state index in [1.54, 1.807) is 17.5 Å². The number of aryl methyl sites for hydroxylation is 1. The molecule has 4 heterocycles. The summed E-state index contributed by atoms with van der Waals surface area (Å²) in [5, 5.41) is 9.31. The Morgan fingerprint density at radius 1 is 1.37 bits per heavy atom. The van der Waals surface area contributed by atoms with Gasteiger partial charge in [-0.15, -0.1) is 23.7 Å². The van der Waals surface area contributed by atoms with Crippen molar-refractivity contribution in [3.05, 3.63) is 53.5 Å².